The SMILES string of the molecule is CC(C)(C)C(=O)Nc1nc(Cl)c2cc(-c3ccc(CCl)cc3)[nH]c2n1. The lowest BCUT2D eigenvalue weighted by Gasteiger charge is -2.16. The Morgan fingerprint density at radius 2 is 1.88 bits per heavy atom. The van der Waals surface area contributed by atoms with E-state index in [2.05, 4.69) is 20.3 Å². The van der Waals surface area contributed by atoms with Gasteiger partial charge in [0.1, 0.15) is 10.8 Å². The fourth-order valence-electron chi connectivity index (χ4n) is 2.25. The van der Waals surface area contributed by atoms with Crippen LogP contribution in [0.15, 0.2) is 30.3 Å². The smallest absolute Gasteiger partial charge is 0.232 e. The maximum absolute atomic E-state index is 12.1. The molecule has 2 N–H and O–H groups in total. The summed E-state index contributed by atoms with van der Waals surface area (Å²) in [7, 11) is 0. The number of halogens is 2. The zero-order valence-electron chi connectivity index (χ0n) is 14.2. The monoisotopic (exact) mass is 376 g/mol. The van der Waals surface area contributed by atoms with Crippen LogP contribution in [0.4, 0.5) is 5.95 Å². The number of fused-ring (bicyclic) bond motifs is 1. The first-order chi connectivity index (χ1) is 11.8. The number of hydrogen-bond donors (Lipinski definition) is 2. The highest BCUT2D eigenvalue weighted by atomic mass is 35.5. The Bertz CT molecular complexity index is 927. The van der Waals surface area contributed by atoms with E-state index < -0.39 is 5.41 Å². The van der Waals surface area contributed by atoms with Gasteiger partial charge in [-0.25, -0.2) is 0 Å². The summed E-state index contributed by atoms with van der Waals surface area (Å²) in [6.45, 7) is 5.46. The van der Waals surface area contributed by atoms with Crippen LogP contribution in [0.3, 0.4) is 0 Å². The summed E-state index contributed by atoms with van der Waals surface area (Å²) < 4.78 is 0. The fraction of sp³-hybridized carbons (Fsp3) is 0.278. The zero-order valence-corrected chi connectivity index (χ0v) is 15.7. The van der Waals surface area contributed by atoms with Crippen LogP contribution in [0.25, 0.3) is 22.3 Å². The number of amides is 1. The summed E-state index contributed by atoms with van der Waals surface area (Å²) in [5.74, 6) is 0.482. The molecule has 2 aromatic heterocycles. The topological polar surface area (TPSA) is 70.7 Å². The molecule has 0 atom stereocenters. The van der Waals surface area contributed by atoms with Crippen LogP contribution in [0.1, 0.15) is 26.3 Å². The molecule has 1 amide bonds. The number of nitrogens with one attached hydrogen (secondary N) is 2. The molecule has 0 aliphatic carbocycles. The van der Waals surface area contributed by atoms with E-state index in [1.807, 2.05) is 51.1 Å². The van der Waals surface area contributed by atoms with Gasteiger partial charge in [0.2, 0.25) is 11.9 Å². The largest absolute Gasteiger partial charge is 0.339 e. The first-order valence-electron chi connectivity index (χ1n) is 7.81. The van der Waals surface area contributed by atoms with Crippen LogP contribution < -0.4 is 5.32 Å². The Morgan fingerprint density at radius 1 is 1.20 bits per heavy atom. The van der Waals surface area contributed by atoms with Crippen molar-refractivity contribution >= 4 is 46.1 Å². The Kier molecular flexibility index (Phi) is 4.71. The Labute approximate surface area is 155 Å². The number of H-pyrrole nitrogens is 1. The summed E-state index contributed by atoms with van der Waals surface area (Å²) >= 11 is 12.1. The van der Waals surface area contributed by atoms with Gasteiger partial charge in [0.05, 0.1) is 5.39 Å². The van der Waals surface area contributed by atoms with E-state index in [0.29, 0.717) is 16.9 Å². The lowest BCUT2D eigenvalue weighted by molar-refractivity contribution is -0.123. The predicted molar refractivity (Wildman–Crippen MR) is 102 cm³/mol. The van der Waals surface area contributed by atoms with Crippen LogP contribution in [-0.2, 0) is 10.7 Å². The number of rotatable bonds is 3. The van der Waals surface area contributed by atoms with Crippen molar-refractivity contribution in [1.82, 2.24) is 15.0 Å². The van der Waals surface area contributed by atoms with Gasteiger partial charge in [-0.2, -0.15) is 9.97 Å². The van der Waals surface area contributed by atoms with E-state index in [9.17, 15) is 4.79 Å². The van der Waals surface area contributed by atoms with Crippen molar-refractivity contribution in [3.63, 3.8) is 0 Å². The number of carbonyl (C=O) groups excluding carboxylic acids is 1. The van der Waals surface area contributed by atoms with Gasteiger partial charge in [0, 0.05) is 17.0 Å². The van der Waals surface area contributed by atoms with Gasteiger partial charge in [0.15, 0.2) is 0 Å². The average Bonchev–Trinajstić information content (AvgIpc) is 2.98. The summed E-state index contributed by atoms with van der Waals surface area (Å²) in [4.78, 5) is 23.9. The average molecular weight is 377 g/mol. The number of alkyl halides is 1. The van der Waals surface area contributed by atoms with Crippen molar-refractivity contribution in [2.45, 2.75) is 26.7 Å². The van der Waals surface area contributed by atoms with Gasteiger partial charge in [0.25, 0.3) is 0 Å². The van der Waals surface area contributed by atoms with E-state index in [1.165, 1.54) is 0 Å². The van der Waals surface area contributed by atoms with E-state index in [1.54, 1.807) is 0 Å². The zero-order chi connectivity index (χ0) is 18.2. The number of nitrogens with zero attached hydrogens (tertiary/aromatic N) is 2. The predicted octanol–water partition coefficient (Wildman–Crippen LogP) is 5.00. The van der Waals surface area contributed by atoms with Crippen molar-refractivity contribution in [1.29, 1.82) is 0 Å². The third kappa shape index (κ3) is 3.78. The summed E-state index contributed by atoms with van der Waals surface area (Å²) in [5, 5.41) is 3.69. The summed E-state index contributed by atoms with van der Waals surface area (Å²) in [6, 6.07) is 9.78. The molecule has 3 aromatic rings. The van der Waals surface area contributed by atoms with Gasteiger partial charge in [-0.05, 0) is 17.2 Å². The molecular weight excluding hydrogens is 359 g/mol. The lowest BCUT2D eigenvalue weighted by atomic mass is 9.96. The molecule has 3 rings (SSSR count). The lowest BCUT2D eigenvalue weighted by Crippen LogP contribution is -2.28. The van der Waals surface area contributed by atoms with E-state index in [4.69, 9.17) is 23.2 Å². The molecule has 0 aliphatic heterocycles. The minimum atomic E-state index is -0.546. The molecule has 0 spiro atoms. The van der Waals surface area contributed by atoms with Crippen LogP contribution >= 0.6 is 23.2 Å². The third-order valence-electron chi connectivity index (χ3n) is 3.77. The molecular formula is C18H18Cl2N4O. The molecule has 0 bridgehead atoms. The maximum atomic E-state index is 12.1. The highest BCUT2D eigenvalue weighted by Gasteiger charge is 2.22. The summed E-state index contributed by atoms with van der Waals surface area (Å²) in [6.07, 6.45) is 0. The fourth-order valence-corrected chi connectivity index (χ4v) is 2.65. The standard InChI is InChI=1S/C18H18Cl2N4O/c1-18(2,3)16(25)24-17-22-14(20)12-8-13(21-15(12)23-17)11-6-4-10(9-19)5-7-11/h4-8H,9H2,1-3H3,(H2,21,22,23,24,25). The van der Waals surface area contributed by atoms with Crippen molar-refractivity contribution < 1.29 is 4.79 Å². The van der Waals surface area contributed by atoms with Crippen molar-refractivity contribution in [2.24, 2.45) is 5.41 Å². The van der Waals surface area contributed by atoms with Crippen molar-refractivity contribution in [3.05, 3.63) is 41.0 Å². The van der Waals surface area contributed by atoms with Gasteiger partial charge in [-0.3, -0.25) is 10.1 Å². The molecule has 0 fully saturated rings. The van der Waals surface area contributed by atoms with Crippen LogP contribution in [0.5, 0.6) is 0 Å². The van der Waals surface area contributed by atoms with Crippen molar-refractivity contribution in [3.8, 4) is 11.3 Å². The second-order valence-corrected chi connectivity index (χ2v) is 7.44. The minimum absolute atomic E-state index is 0.175. The van der Waals surface area contributed by atoms with Gasteiger partial charge in [-0.15, -0.1) is 11.6 Å². The second-order valence-electron chi connectivity index (χ2n) is 6.82. The molecule has 0 aliphatic rings. The number of aromatic nitrogens is 3. The molecule has 0 saturated carbocycles. The van der Waals surface area contributed by atoms with E-state index in [-0.39, 0.29) is 17.0 Å². The molecule has 0 unspecified atom stereocenters. The van der Waals surface area contributed by atoms with Crippen LogP contribution in [0, 0.1) is 5.41 Å². The molecule has 130 valence electrons. The molecule has 1 aromatic carbocycles. The highest BCUT2D eigenvalue weighted by molar-refractivity contribution is 6.34. The molecule has 0 saturated heterocycles. The quantitative estimate of drug-likeness (QED) is 0.498. The van der Waals surface area contributed by atoms with Gasteiger partial charge < -0.3 is 4.98 Å². The third-order valence-corrected chi connectivity index (χ3v) is 4.36. The molecule has 0 radical (unpaired) electrons. The molecule has 2 heterocycles. The Hall–Kier alpha value is -2.11. The summed E-state index contributed by atoms with van der Waals surface area (Å²) in [5.41, 5.74) is 2.93. The van der Waals surface area contributed by atoms with E-state index >= 15 is 0 Å². The van der Waals surface area contributed by atoms with Gasteiger partial charge >= 0.3 is 0 Å². The maximum Gasteiger partial charge on any atom is 0.232 e. The van der Waals surface area contributed by atoms with E-state index in [0.717, 1.165) is 16.8 Å². The molecule has 25 heavy (non-hydrogen) atoms. The van der Waals surface area contributed by atoms with Crippen LogP contribution in [-0.4, -0.2) is 20.9 Å². The number of anilines is 1. The second kappa shape index (κ2) is 6.65. The highest BCUT2D eigenvalue weighted by Crippen LogP contribution is 2.28. The number of aromatic amines is 1. The van der Waals surface area contributed by atoms with Gasteiger partial charge in [-0.1, -0.05) is 56.6 Å². The normalized spacial score (nSPS) is 11.7. The first kappa shape index (κ1) is 17.7. The number of hydrogen-bond acceptors (Lipinski definition) is 3. The molecule has 7 heteroatoms. The Morgan fingerprint density at radius 3 is 2.48 bits per heavy atom. The Balaban J connectivity index is 1.97. The van der Waals surface area contributed by atoms with Crippen molar-refractivity contribution in [2.75, 3.05) is 5.32 Å². The first-order valence-corrected chi connectivity index (χ1v) is 8.72. The minimum Gasteiger partial charge on any atom is -0.339 e. The number of benzene rings is 1. The number of carbonyl (C=O) groups is 1. The van der Waals surface area contributed by atoms with Crippen LogP contribution in [0.2, 0.25) is 5.15 Å². The molecule has 5 nitrogen and oxygen atoms in total.